The highest BCUT2D eigenvalue weighted by molar-refractivity contribution is 6.30. The second-order valence-corrected chi connectivity index (χ2v) is 5.50. The number of anilines is 2. The second kappa shape index (κ2) is 7.65. The van der Waals surface area contributed by atoms with Crippen molar-refractivity contribution in [1.82, 2.24) is 5.32 Å². The van der Waals surface area contributed by atoms with Crippen molar-refractivity contribution in [2.24, 2.45) is 0 Å². The van der Waals surface area contributed by atoms with E-state index in [9.17, 15) is 9.59 Å². The predicted octanol–water partition coefficient (Wildman–Crippen LogP) is 3.23. The number of nitrogens with zero attached hydrogens (tertiary/aromatic N) is 1. The van der Waals surface area contributed by atoms with E-state index in [1.165, 1.54) is 6.92 Å². The maximum Gasteiger partial charge on any atom is 0.328 e. The third-order valence-corrected chi connectivity index (χ3v) is 3.46. The van der Waals surface area contributed by atoms with Crippen molar-refractivity contribution in [1.29, 1.82) is 0 Å². The summed E-state index contributed by atoms with van der Waals surface area (Å²) in [6.45, 7) is 1.73. The van der Waals surface area contributed by atoms with Crippen LogP contribution in [0.1, 0.15) is 12.5 Å². The number of nitrogens with one attached hydrogen (secondary N) is 1. The van der Waals surface area contributed by atoms with Crippen LogP contribution in [0.25, 0.3) is 0 Å². The minimum absolute atomic E-state index is 0.379. The number of imide groups is 1. The molecule has 0 saturated heterocycles. The van der Waals surface area contributed by atoms with Crippen LogP contribution < -0.4 is 16.0 Å². The number of hydrogen-bond acceptors (Lipinski definition) is 3. The number of halogens is 1. The molecule has 3 amide bonds. The van der Waals surface area contributed by atoms with Crippen molar-refractivity contribution in [2.45, 2.75) is 13.3 Å². The molecule has 0 aromatic heterocycles. The molecule has 23 heavy (non-hydrogen) atoms. The normalized spacial score (nSPS) is 10.2. The van der Waals surface area contributed by atoms with E-state index in [4.69, 9.17) is 17.3 Å². The molecule has 0 saturated carbocycles. The average Bonchev–Trinajstić information content (AvgIpc) is 2.47. The van der Waals surface area contributed by atoms with Gasteiger partial charge in [0, 0.05) is 24.2 Å². The molecule has 0 radical (unpaired) electrons. The first-order chi connectivity index (χ1) is 11.0. The van der Waals surface area contributed by atoms with E-state index < -0.39 is 6.03 Å². The van der Waals surface area contributed by atoms with Gasteiger partial charge in [0.1, 0.15) is 0 Å². The SMILES string of the molecule is CC(=O)N(C(=O)NCCc1cccc(Cl)c1)c1cccc(N)c1. The molecule has 0 aliphatic rings. The topological polar surface area (TPSA) is 75.4 Å². The van der Waals surface area contributed by atoms with Crippen molar-refractivity contribution in [3.05, 3.63) is 59.1 Å². The second-order valence-electron chi connectivity index (χ2n) is 5.06. The van der Waals surface area contributed by atoms with Gasteiger partial charge in [-0.05, 0) is 42.3 Å². The Hall–Kier alpha value is -2.53. The Labute approximate surface area is 140 Å². The minimum atomic E-state index is -0.481. The summed E-state index contributed by atoms with van der Waals surface area (Å²) in [5.74, 6) is -0.379. The molecular weight excluding hydrogens is 314 g/mol. The molecule has 0 unspecified atom stereocenters. The largest absolute Gasteiger partial charge is 0.399 e. The molecule has 2 rings (SSSR count). The number of hydrogen-bond donors (Lipinski definition) is 2. The summed E-state index contributed by atoms with van der Waals surface area (Å²) >= 11 is 5.92. The zero-order valence-corrected chi connectivity index (χ0v) is 13.5. The maximum absolute atomic E-state index is 12.3. The fourth-order valence-electron chi connectivity index (χ4n) is 2.19. The molecule has 3 N–H and O–H groups in total. The monoisotopic (exact) mass is 331 g/mol. The highest BCUT2D eigenvalue weighted by Crippen LogP contribution is 2.18. The highest BCUT2D eigenvalue weighted by atomic mass is 35.5. The van der Waals surface area contributed by atoms with E-state index in [1.54, 1.807) is 30.3 Å². The Kier molecular flexibility index (Phi) is 5.60. The van der Waals surface area contributed by atoms with Gasteiger partial charge in [0.2, 0.25) is 5.91 Å². The zero-order valence-electron chi connectivity index (χ0n) is 12.8. The Bertz CT molecular complexity index is 718. The fourth-order valence-corrected chi connectivity index (χ4v) is 2.40. The van der Waals surface area contributed by atoms with Gasteiger partial charge >= 0.3 is 6.03 Å². The van der Waals surface area contributed by atoms with Gasteiger partial charge in [-0.1, -0.05) is 29.8 Å². The molecule has 0 aliphatic carbocycles. The van der Waals surface area contributed by atoms with E-state index in [1.807, 2.05) is 18.2 Å². The summed E-state index contributed by atoms with van der Waals surface area (Å²) in [6, 6.07) is 13.6. The lowest BCUT2D eigenvalue weighted by molar-refractivity contribution is -0.115. The van der Waals surface area contributed by atoms with Crippen LogP contribution in [0.15, 0.2) is 48.5 Å². The summed E-state index contributed by atoms with van der Waals surface area (Å²) in [5, 5.41) is 3.38. The number of carbonyl (C=O) groups excluding carboxylic acids is 2. The number of amides is 3. The first-order valence-corrected chi connectivity index (χ1v) is 7.53. The van der Waals surface area contributed by atoms with Crippen molar-refractivity contribution in [3.63, 3.8) is 0 Å². The lowest BCUT2D eigenvalue weighted by atomic mass is 10.1. The Morgan fingerprint density at radius 1 is 1.17 bits per heavy atom. The van der Waals surface area contributed by atoms with E-state index in [0.29, 0.717) is 29.4 Å². The maximum atomic E-state index is 12.3. The van der Waals surface area contributed by atoms with Crippen molar-refractivity contribution < 1.29 is 9.59 Å². The molecular formula is C17H18ClN3O2. The van der Waals surface area contributed by atoms with Crippen LogP contribution in [0.4, 0.5) is 16.2 Å². The molecule has 120 valence electrons. The average molecular weight is 332 g/mol. The smallest absolute Gasteiger partial charge is 0.328 e. The summed E-state index contributed by atoms with van der Waals surface area (Å²) in [7, 11) is 0. The Balaban J connectivity index is 2.00. The number of urea groups is 1. The van der Waals surface area contributed by atoms with Gasteiger partial charge in [-0.2, -0.15) is 0 Å². The number of nitrogens with two attached hydrogens (primary N) is 1. The molecule has 0 aliphatic heterocycles. The first kappa shape index (κ1) is 16.8. The van der Waals surface area contributed by atoms with Gasteiger partial charge in [0.15, 0.2) is 0 Å². The Morgan fingerprint density at radius 3 is 2.57 bits per heavy atom. The molecule has 0 heterocycles. The van der Waals surface area contributed by atoms with E-state index in [-0.39, 0.29) is 5.91 Å². The number of benzene rings is 2. The fraction of sp³-hybridized carbons (Fsp3) is 0.176. The minimum Gasteiger partial charge on any atom is -0.399 e. The lowest BCUT2D eigenvalue weighted by Crippen LogP contribution is -2.43. The van der Waals surface area contributed by atoms with Gasteiger partial charge in [0.25, 0.3) is 0 Å². The first-order valence-electron chi connectivity index (χ1n) is 7.16. The third kappa shape index (κ3) is 4.72. The highest BCUT2D eigenvalue weighted by Gasteiger charge is 2.19. The summed E-state index contributed by atoms with van der Waals surface area (Å²) in [4.78, 5) is 25.1. The molecule has 5 nitrogen and oxygen atoms in total. The van der Waals surface area contributed by atoms with Gasteiger partial charge in [0.05, 0.1) is 5.69 Å². The van der Waals surface area contributed by atoms with Gasteiger partial charge in [-0.3, -0.25) is 4.79 Å². The number of rotatable bonds is 4. The van der Waals surface area contributed by atoms with Crippen LogP contribution >= 0.6 is 11.6 Å². The standard InChI is InChI=1S/C17H18ClN3O2/c1-12(22)21(16-7-3-6-15(19)11-16)17(23)20-9-8-13-4-2-5-14(18)10-13/h2-7,10-11H,8-9,19H2,1H3,(H,20,23). The van der Waals surface area contributed by atoms with Crippen LogP contribution in [0, 0.1) is 0 Å². The molecule has 0 fully saturated rings. The predicted molar refractivity (Wildman–Crippen MR) is 92.6 cm³/mol. The van der Waals surface area contributed by atoms with E-state index in [0.717, 1.165) is 10.5 Å². The van der Waals surface area contributed by atoms with E-state index in [2.05, 4.69) is 5.32 Å². The quantitative estimate of drug-likeness (QED) is 0.844. The molecule has 0 bridgehead atoms. The van der Waals surface area contributed by atoms with E-state index >= 15 is 0 Å². The van der Waals surface area contributed by atoms with Crippen LogP contribution in [0.5, 0.6) is 0 Å². The molecule has 2 aromatic carbocycles. The van der Waals surface area contributed by atoms with Gasteiger partial charge in [-0.25, -0.2) is 9.69 Å². The zero-order chi connectivity index (χ0) is 16.8. The summed E-state index contributed by atoms with van der Waals surface area (Å²) in [5.41, 5.74) is 7.64. The van der Waals surface area contributed by atoms with Crippen molar-refractivity contribution in [3.8, 4) is 0 Å². The lowest BCUT2D eigenvalue weighted by Gasteiger charge is -2.20. The van der Waals surface area contributed by atoms with Crippen molar-refractivity contribution in [2.75, 3.05) is 17.2 Å². The van der Waals surface area contributed by atoms with Gasteiger partial charge < -0.3 is 11.1 Å². The van der Waals surface area contributed by atoms with Crippen LogP contribution in [0.3, 0.4) is 0 Å². The third-order valence-electron chi connectivity index (χ3n) is 3.23. The van der Waals surface area contributed by atoms with Crippen LogP contribution in [-0.2, 0) is 11.2 Å². The number of carbonyl (C=O) groups is 2. The Morgan fingerprint density at radius 2 is 1.91 bits per heavy atom. The van der Waals surface area contributed by atoms with Crippen LogP contribution in [0.2, 0.25) is 5.02 Å². The van der Waals surface area contributed by atoms with Crippen molar-refractivity contribution >= 4 is 34.9 Å². The summed E-state index contributed by atoms with van der Waals surface area (Å²) in [6.07, 6.45) is 0.620. The molecule has 6 heteroatoms. The summed E-state index contributed by atoms with van der Waals surface area (Å²) < 4.78 is 0. The molecule has 0 atom stereocenters. The van der Waals surface area contributed by atoms with Crippen LogP contribution in [-0.4, -0.2) is 18.5 Å². The van der Waals surface area contributed by atoms with Gasteiger partial charge in [-0.15, -0.1) is 0 Å². The number of nitrogen functional groups attached to an aromatic ring is 1. The molecule has 0 spiro atoms. The molecule has 2 aromatic rings.